The van der Waals surface area contributed by atoms with Crippen LogP contribution in [0.25, 0.3) is 0 Å². The SMILES string of the molecule is COc1ccc(C)cc1S(=O)(=O)N(CC(=O)N1CCN(c2ccc(F)cc2)CC1)c1cc(Cl)cc(Cl)c1. The number of halogens is 3. The predicted octanol–water partition coefficient (Wildman–Crippen LogP) is 4.99. The Kier molecular flexibility index (Phi) is 8.16. The molecule has 0 unspecified atom stereocenters. The van der Waals surface area contributed by atoms with Gasteiger partial charge < -0.3 is 14.5 Å². The molecule has 3 aromatic carbocycles. The van der Waals surface area contributed by atoms with Gasteiger partial charge in [0.2, 0.25) is 5.91 Å². The summed E-state index contributed by atoms with van der Waals surface area (Å²) in [5.41, 5.74) is 1.74. The molecule has 37 heavy (non-hydrogen) atoms. The molecule has 7 nitrogen and oxygen atoms in total. The Morgan fingerprint density at radius 1 is 0.973 bits per heavy atom. The van der Waals surface area contributed by atoms with Crippen LogP contribution in [0.2, 0.25) is 10.0 Å². The lowest BCUT2D eigenvalue weighted by Gasteiger charge is -2.37. The summed E-state index contributed by atoms with van der Waals surface area (Å²) < 4.78 is 47.4. The minimum Gasteiger partial charge on any atom is -0.495 e. The first-order valence-electron chi connectivity index (χ1n) is 11.5. The maximum Gasteiger partial charge on any atom is 0.268 e. The number of hydrogen-bond donors (Lipinski definition) is 0. The van der Waals surface area contributed by atoms with Crippen molar-refractivity contribution in [3.8, 4) is 5.75 Å². The minimum atomic E-state index is -4.25. The van der Waals surface area contributed by atoms with Gasteiger partial charge >= 0.3 is 0 Å². The molecule has 196 valence electrons. The summed E-state index contributed by atoms with van der Waals surface area (Å²) in [5, 5.41) is 0.471. The Balaban J connectivity index is 1.61. The summed E-state index contributed by atoms with van der Waals surface area (Å²) in [7, 11) is -2.86. The van der Waals surface area contributed by atoms with Crippen LogP contribution in [0.1, 0.15) is 5.56 Å². The van der Waals surface area contributed by atoms with Gasteiger partial charge in [0.25, 0.3) is 10.0 Å². The van der Waals surface area contributed by atoms with E-state index in [1.54, 1.807) is 36.1 Å². The third-order valence-electron chi connectivity index (χ3n) is 6.13. The van der Waals surface area contributed by atoms with Gasteiger partial charge in [-0.1, -0.05) is 29.3 Å². The molecule has 1 aliphatic heterocycles. The van der Waals surface area contributed by atoms with E-state index in [4.69, 9.17) is 27.9 Å². The molecule has 0 radical (unpaired) electrons. The van der Waals surface area contributed by atoms with Crippen LogP contribution in [0.5, 0.6) is 5.75 Å². The Morgan fingerprint density at radius 2 is 1.59 bits per heavy atom. The van der Waals surface area contributed by atoms with Crippen molar-refractivity contribution in [3.63, 3.8) is 0 Å². The third-order valence-corrected chi connectivity index (χ3v) is 8.36. The second-order valence-corrected chi connectivity index (χ2v) is 11.3. The van der Waals surface area contributed by atoms with Crippen molar-refractivity contribution in [1.29, 1.82) is 0 Å². The van der Waals surface area contributed by atoms with Crippen molar-refractivity contribution >= 4 is 50.5 Å². The molecule has 3 aromatic rings. The summed E-state index contributed by atoms with van der Waals surface area (Å²) in [6, 6.07) is 15.4. The van der Waals surface area contributed by atoms with Crippen LogP contribution in [-0.4, -0.2) is 59.1 Å². The van der Waals surface area contributed by atoms with Crippen molar-refractivity contribution in [2.75, 3.05) is 49.0 Å². The Labute approximate surface area is 226 Å². The first-order chi connectivity index (χ1) is 17.6. The van der Waals surface area contributed by atoms with Crippen molar-refractivity contribution in [2.45, 2.75) is 11.8 Å². The van der Waals surface area contributed by atoms with Crippen LogP contribution in [0.3, 0.4) is 0 Å². The fraction of sp³-hybridized carbons (Fsp3) is 0.269. The molecule has 1 fully saturated rings. The molecule has 11 heteroatoms. The van der Waals surface area contributed by atoms with Crippen LogP contribution < -0.4 is 13.9 Å². The maximum atomic E-state index is 13.9. The molecule has 0 bridgehead atoms. The zero-order valence-electron chi connectivity index (χ0n) is 20.3. The normalized spacial score (nSPS) is 14.0. The molecule has 0 saturated carbocycles. The van der Waals surface area contributed by atoms with Gasteiger partial charge in [0.1, 0.15) is 23.0 Å². The van der Waals surface area contributed by atoms with Crippen molar-refractivity contribution in [2.24, 2.45) is 0 Å². The van der Waals surface area contributed by atoms with E-state index in [-0.39, 0.29) is 38.1 Å². The zero-order valence-corrected chi connectivity index (χ0v) is 22.7. The molecule has 0 aliphatic carbocycles. The second-order valence-electron chi connectivity index (χ2n) is 8.64. The smallest absolute Gasteiger partial charge is 0.268 e. The van der Waals surface area contributed by atoms with Gasteiger partial charge in [0.15, 0.2) is 0 Å². The largest absolute Gasteiger partial charge is 0.495 e. The molecule has 1 heterocycles. The fourth-order valence-corrected chi connectivity index (χ4v) is 6.35. The molecule has 1 saturated heterocycles. The van der Waals surface area contributed by atoms with Crippen LogP contribution in [0, 0.1) is 12.7 Å². The topological polar surface area (TPSA) is 70.2 Å². The minimum absolute atomic E-state index is 0.0694. The summed E-state index contributed by atoms with van der Waals surface area (Å²) in [4.78, 5) is 17.0. The molecule has 1 aliphatic rings. The Morgan fingerprint density at radius 3 is 2.19 bits per heavy atom. The van der Waals surface area contributed by atoms with Crippen LogP contribution in [0.4, 0.5) is 15.8 Å². The van der Waals surface area contributed by atoms with E-state index in [1.165, 1.54) is 43.5 Å². The fourth-order valence-electron chi connectivity index (χ4n) is 4.19. The molecule has 4 rings (SSSR count). The molecular formula is C26H26Cl2FN3O4S. The number of piperazine rings is 1. The molecule has 1 amide bonds. The predicted molar refractivity (Wildman–Crippen MR) is 144 cm³/mol. The third kappa shape index (κ3) is 6.11. The van der Waals surface area contributed by atoms with Gasteiger partial charge in [0, 0.05) is 41.9 Å². The number of anilines is 2. The van der Waals surface area contributed by atoms with Crippen molar-refractivity contribution < 1.29 is 22.3 Å². The van der Waals surface area contributed by atoms with Gasteiger partial charge in [-0.25, -0.2) is 12.8 Å². The lowest BCUT2D eigenvalue weighted by Crippen LogP contribution is -2.52. The summed E-state index contributed by atoms with van der Waals surface area (Å²) in [6.07, 6.45) is 0. The number of nitrogens with zero attached hydrogens (tertiary/aromatic N) is 3. The van der Waals surface area contributed by atoms with Crippen LogP contribution >= 0.6 is 23.2 Å². The summed E-state index contributed by atoms with van der Waals surface area (Å²) in [6.45, 7) is 3.14. The summed E-state index contributed by atoms with van der Waals surface area (Å²) in [5.74, 6) is -0.528. The van der Waals surface area contributed by atoms with Gasteiger partial charge in [-0.15, -0.1) is 0 Å². The van der Waals surface area contributed by atoms with Crippen LogP contribution in [0.15, 0.2) is 65.6 Å². The van der Waals surface area contributed by atoms with E-state index in [1.807, 2.05) is 4.90 Å². The number of ether oxygens (including phenoxy) is 1. The lowest BCUT2D eigenvalue weighted by atomic mass is 10.2. The van der Waals surface area contributed by atoms with Gasteiger partial charge in [-0.05, 0) is 67.1 Å². The average Bonchev–Trinajstić information content (AvgIpc) is 2.87. The number of hydrogen-bond acceptors (Lipinski definition) is 5. The number of carbonyl (C=O) groups is 1. The molecule has 0 N–H and O–H groups in total. The first-order valence-corrected chi connectivity index (χ1v) is 13.7. The monoisotopic (exact) mass is 565 g/mol. The van der Waals surface area contributed by atoms with E-state index in [0.29, 0.717) is 31.7 Å². The zero-order chi connectivity index (χ0) is 26.7. The van der Waals surface area contributed by atoms with Gasteiger partial charge in [-0.2, -0.15) is 0 Å². The Bertz CT molecular complexity index is 1380. The Hall–Kier alpha value is -3.01. The van der Waals surface area contributed by atoms with E-state index in [2.05, 4.69) is 0 Å². The van der Waals surface area contributed by atoms with E-state index >= 15 is 0 Å². The number of methoxy groups -OCH3 is 1. The van der Waals surface area contributed by atoms with Crippen molar-refractivity contribution in [3.05, 3.63) is 82.1 Å². The first kappa shape index (κ1) is 27.0. The number of aryl methyl sites for hydroxylation is 1. The number of sulfonamides is 1. The molecule has 0 aromatic heterocycles. The molecule has 0 atom stereocenters. The number of carbonyl (C=O) groups excluding carboxylic acids is 1. The highest BCUT2D eigenvalue weighted by Crippen LogP contribution is 2.33. The summed E-state index contributed by atoms with van der Waals surface area (Å²) >= 11 is 12.4. The lowest BCUT2D eigenvalue weighted by molar-refractivity contribution is -0.129. The van der Waals surface area contributed by atoms with Gasteiger partial charge in [-0.3, -0.25) is 9.10 Å². The number of amides is 1. The highest BCUT2D eigenvalue weighted by atomic mass is 35.5. The van der Waals surface area contributed by atoms with E-state index < -0.39 is 16.6 Å². The van der Waals surface area contributed by atoms with E-state index in [9.17, 15) is 17.6 Å². The quantitative estimate of drug-likeness (QED) is 0.403. The highest BCUT2D eigenvalue weighted by molar-refractivity contribution is 7.93. The van der Waals surface area contributed by atoms with Crippen molar-refractivity contribution in [1.82, 2.24) is 4.90 Å². The maximum absolute atomic E-state index is 13.9. The number of rotatable bonds is 7. The van der Waals surface area contributed by atoms with E-state index in [0.717, 1.165) is 9.99 Å². The standard InChI is InChI=1S/C26H26Cl2FN3O4S/c1-18-3-8-24(36-2)25(13-18)37(34,35)32(23-15-19(27)14-20(28)16-23)17-26(33)31-11-9-30(10-12-31)22-6-4-21(29)5-7-22/h3-8,13-16H,9-12,17H2,1-2H3. The highest BCUT2D eigenvalue weighted by Gasteiger charge is 2.33. The average molecular weight is 566 g/mol. The molecular weight excluding hydrogens is 540 g/mol. The second kappa shape index (κ2) is 11.2. The molecule has 0 spiro atoms. The van der Waals surface area contributed by atoms with Crippen LogP contribution in [-0.2, 0) is 14.8 Å². The number of benzene rings is 3. The van der Waals surface area contributed by atoms with Gasteiger partial charge in [0.05, 0.1) is 12.8 Å².